The molecule has 2 aromatic rings. The van der Waals surface area contributed by atoms with Crippen LogP contribution in [0.1, 0.15) is 28.4 Å². The summed E-state index contributed by atoms with van der Waals surface area (Å²) >= 11 is 0. The molecule has 0 N–H and O–H groups in total. The number of nitrogens with zero attached hydrogens (tertiary/aromatic N) is 2. The van der Waals surface area contributed by atoms with E-state index in [1.165, 1.54) is 12.1 Å². The van der Waals surface area contributed by atoms with Crippen molar-refractivity contribution >= 4 is 17.8 Å². The molecule has 2 aromatic carbocycles. The molecule has 0 bridgehead atoms. The smallest absolute Gasteiger partial charge is 0.485 e. The third-order valence-electron chi connectivity index (χ3n) is 4.16. The molecule has 0 spiro atoms. The highest BCUT2D eigenvalue weighted by Gasteiger charge is 2.31. The maximum atomic E-state index is 12.5. The summed E-state index contributed by atoms with van der Waals surface area (Å²) in [5.41, 5.74) is 2.92. The molecular formula is C21H23F3N2O3. The minimum atomic E-state index is -4.75. The van der Waals surface area contributed by atoms with Crippen molar-refractivity contribution in [1.82, 2.24) is 4.90 Å². The van der Waals surface area contributed by atoms with Gasteiger partial charge in [-0.05, 0) is 68.3 Å². The molecule has 2 rings (SSSR count). The van der Waals surface area contributed by atoms with Gasteiger partial charge in [0.05, 0.1) is 12.0 Å². The molecule has 156 valence electrons. The molecule has 29 heavy (non-hydrogen) atoms. The first-order valence-electron chi connectivity index (χ1n) is 8.96. The highest BCUT2D eigenvalue weighted by molar-refractivity contribution is 5.99. The number of rotatable bonds is 8. The van der Waals surface area contributed by atoms with Crippen molar-refractivity contribution < 1.29 is 27.4 Å². The molecular weight excluding hydrogens is 385 g/mol. The highest BCUT2D eigenvalue weighted by atomic mass is 19.4. The fraction of sp³-hybridized carbons (Fsp3) is 0.333. The fourth-order valence-electron chi connectivity index (χ4n) is 2.45. The first-order chi connectivity index (χ1) is 13.6. The number of hydrogen-bond acceptors (Lipinski definition) is 4. The van der Waals surface area contributed by atoms with Gasteiger partial charge in [0.2, 0.25) is 0 Å². The van der Waals surface area contributed by atoms with E-state index in [2.05, 4.69) is 9.73 Å². The van der Waals surface area contributed by atoms with Crippen LogP contribution in [0.2, 0.25) is 0 Å². The van der Waals surface area contributed by atoms with E-state index in [0.717, 1.165) is 35.5 Å². The molecule has 0 unspecified atom stereocenters. The molecule has 5 nitrogen and oxygen atoms in total. The van der Waals surface area contributed by atoms with E-state index in [-0.39, 0.29) is 23.9 Å². The van der Waals surface area contributed by atoms with E-state index in [0.29, 0.717) is 5.56 Å². The number of alkyl halides is 3. The Labute approximate surface area is 167 Å². The van der Waals surface area contributed by atoms with Crippen molar-refractivity contribution in [2.75, 3.05) is 20.2 Å². The number of Topliss-reactive ketones (excluding diaryl/α,β-unsaturated/α-hetero) is 1. The number of benzene rings is 2. The van der Waals surface area contributed by atoms with E-state index < -0.39 is 6.36 Å². The molecule has 0 heterocycles. The Hall–Kier alpha value is -3.03. The number of carbonyl (C=O) groups is 1. The first-order valence-corrected chi connectivity index (χ1v) is 8.96. The third-order valence-corrected chi connectivity index (χ3v) is 4.16. The summed E-state index contributed by atoms with van der Waals surface area (Å²) in [6.45, 7) is 6.30. The lowest BCUT2D eigenvalue weighted by atomic mass is 10.0. The van der Waals surface area contributed by atoms with Crippen molar-refractivity contribution in [3.05, 3.63) is 53.1 Å². The van der Waals surface area contributed by atoms with Crippen molar-refractivity contribution in [1.29, 1.82) is 0 Å². The zero-order chi connectivity index (χ0) is 21.6. The molecule has 0 atom stereocenters. The monoisotopic (exact) mass is 408 g/mol. The average molecular weight is 408 g/mol. The van der Waals surface area contributed by atoms with Gasteiger partial charge in [-0.3, -0.25) is 4.79 Å². The van der Waals surface area contributed by atoms with Crippen molar-refractivity contribution in [2.24, 2.45) is 4.99 Å². The average Bonchev–Trinajstić information content (AvgIpc) is 2.66. The van der Waals surface area contributed by atoms with Crippen molar-refractivity contribution in [2.45, 2.75) is 27.1 Å². The molecule has 0 radical (unpaired) electrons. The molecule has 0 aliphatic rings. The number of ketones is 1. The molecule has 0 saturated carbocycles. The van der Waals surface area contributed by atoms with E-state index in [4.69, 9.17) is 4.74 Å². The fourth-order valence-corrected chi connectivity index (χ4v) is 2.45. The van der Waals surface area contributed by atoms with E-state index >= 15 is 0 Å². The maximum Gasteiger partial charge on any atom is 0.573 e. The van der Waals surface area contributed by atoms with Crippen molar-refractivity contribution in [3.63, 3.8) is 0 Å². The maximum absolute atomic E-state index is 12.5. The summed E-state index contributed by atoms with van der Waals surface area (Å²) in [5.74, 6) is -0.319. The number of ether oxygens (including phenoxy) is 2. The van der Waals surface area contributed by atoms with Gasteiger partial charge in [0.25, 0.3) is 0 Å². The Bertz CT molecular complexity index is 878. The normalized spacial score (nSPS) is 11.6. The Balaban J connectivity index is 2.03. The van der Waals surface area contributed by atoms with Crippen LogP contribution in [-0.2, 0) is 0 Å². The number of halogens is 3. The van der Waals surface area contributed by atoms with Crippen LogP contribution in [0.3, 0.4) is 0 Å². The zero-order valence-electron chi connectivity index (χ0n) is 16.7. The van der Waals surface area contributed by atoms with Gasteiger partial charge in [0, 0.05) is 19.2 Å². The van der Waals surface area contributed by atoms with Gasteiger partial charge in [0.15, 0.2) is 12.4 Å². The molecule has 8 heteroatoms. The summed E-state index contributed by atoms with van der Waals surface area (Å²) in [6, 6.07) is 8.49. The summed E-state index contributed by atoms with van der Waals surface area (Å²) in [6.07, 6.45) is -3.02. The van der Waals surface area contributed by atoms with E-state index in [1.807, 2.05) is 38.8 Å². The SMILES string of the molecule is CCN(C)/C=N\c1cc(C)c(C(=O)COc2ccc(OC(F)(F)F)cc2)cc1C. The van der Waals surface area contributed by atoms with Crippen LogP contribution in [0.15, 0.2) is 41.4 Å². The van der Waals surface area contributed by atoms with Gasteiger partial charge in [-0.2, -0.15) is 0 Å². The van der Waals surface area contributed by atoms with Gasteiger partial charge in [-0.15, -0.1) is 13.2 Å². The number of aliphatic imine (C=N–C) groups is 1. The Morgan fingerprint density at radius 2 is 1.72 bits per heavy atom. The lowest BCUT2D eigenvalue weighted by molar-refractivity contribution is -0.274. The summed E-state index contributed by atoms with van der Waals surface area (Å²) in [4.78, 5) is 18.9. The number of aryl methyl sites for hydroxylation is 2. The zero-order valence-corrected chi connectivity index (χ0v) is 16.7. The quantitative estimate of drug-likeness (QED) is 0.347. The molecule has 0 aromatic heterocycles. The lowest BCUT2D eigenvalue weighted by Crippen LogP contribution is -2.17. The van der Waals surface area contributed by atoms with Gasteiger partial charge >= 0.3 is 6.36 Å². The van der Waals surface area contributed by atoms with E-state index in [9.17, 15) is 18.0 Å². The minimum absolute atomic E-state index is 0.234. The molecule has 0 fully saturated rings. The largest absolute Gasteiger partial charge is 0.573 e. The number of carbonyl (C=O) groups excluding carboxylic acids is 1. The Kier molecular flexibility index (Phi) is 7.25. The summed E-state index contributed by atoms with van der Waals surface area (Å²) in [7, 11) is 1.92. The topological polar surface area (TPSA) is 51.1 Å². The predicted octanol–water partition coefficient (Wildman–Crippen LogP) is 5.08. The predicted molar refractivity (Wildman–Crippen MR) is 105 cm³/mol. The summed E-state index contributed by atoms with van der Waals surface area (Å²) < 4.78 is 45.7. The Morgan fingerprint density at radius 1 is 1.10 bits per heavy atom. The second kappa shape index (κ2) is 9.45. The van der Waals surface area contributed by atoms with Crippen molar-refractivity contribution in [3.8, 4) is 11.5 Å². The van der Waals surface area contributed by atoms with E-state index in [1.54, 1.807) is 12.4 Å². The number of hydrogen-bond donors (Lipinski definition) is 0. The minimum Gasteiger partial charge on any atom is -0.485 e. The second-order valence-corrected chi connectivity index (χ2v) is 6.50. The highest BCUT2D eigenvalue weighted by Crippen LogP contribution is 2.26. The van der Waals surface area contributed by atoms with Crippen LogP contribution in [0.4, 0.5) is 18.9 Å². The van der Waals surface area contributed by atoms with Gasteiger partial charge in [-0.25, -0.2) is 4.99 Å². The standard InChI is InChI=1S/C21H23F3N2O3/c1-5-26(4)13-25-19-11-14(2)18(10-15(19)3)20(27)12-28-16-6-8-17(9-7-16)29-21(22,23)24/h6-11,13H,5,12H2,1-4H3/b25-13-. The molecule has 0 amide bonds. The van der Waals surface area contributed by atoms with Gasteiger partial charge < -0.3 is 14.4 Å². The van der Waals surface area contributed by atoms with Crippen LogP contribution >= 0.6 is 0 Å². The molecule has 0 aliphatic heterocycles. The van der Waals surface area contributed by atoms with Crippen LogP contribution in [-0.4, -0.2) is 43.6 Å². The van der Waals surface area contributed by atoms with Crippen LogP contribution in [0, 0.1) is 13.8 Å². The molecule has 0 saturated heterocycles. The first kappa shape index (κ1) is 22.3. The Morgan fingerprint density at radius 3 is 2.31 bits per heavy atom. The van der Waals surface area contributed by atoms with Gasteiger partial charge in [-0.1, -0.05) is 0 Å². The third kappa shape index (κ3) is 6.81. The van der Waals surface area contributed by atoms with Crippen LogP contribution in [0.25, 0.3) is 0 Å². The van der Waals surface area contributed by atoms with Crippen LogP contribution in [0.5, 0.6) is 11.5 Å². The lowest BCUT2D eigenvalue weighted by Gasteiger charge is -2.12. The summed E-state index contributed by atoms with van der Waals surface area (Å²) in [5, 5.41) is 0. The van der Waals surface area contributed by atoms with Crippen LogP contribution < -0.4 is 9.47 Å². The second-order valence-electron chi connectivity index (χ2n) is 6.50. The van der Waals surface area contributed by atoms with Gasteiger partial charge in [0.1, 0.15) is 11.5 Å². The molecule has 0 aliphatic carbocycles.